The lowest BCUT2D eigenvalue weighted by atomic mass is 10.2. The standard InChI is InChI=1S/C7H11NO2/c1-2-3-6(8)4-5-7(9)10/h3,6H,1,4-5,8H2,(H,9,10)/t6-/m0/s1. The molecule has 0 radical (unpaired) electrons. The van der Waals surface area contributed by atoms with Crippen molar-refractivity contribution in [3.63, 3.8) is 0 Å². The Kier molecular flexibility index (Phi) is 4.29. The van der Waals surface area contributed by atoms with Gasteiger partial charge in [-0.3, -0.25) is 4.79 Å². The highest BCUT2D eigenvalue weighted by Gasteiger charge is 2.00. The maximum absolute atomic E-state index is 10.0. The van der Waals surface area contributed by atoms with Crippen molar-refractivity contribution in [1.29, 1.82) is 0 Å². The van der Waals surface area contributed by atoms with Crippen LogP contribution in [0.5, 0.6) is 0 Å². The van der Waals surface area contributed by atoms with Crippen LogP contribution in [0.15, 0.2) is 18.4 Å². The summed E-state index contributed by atoms with van der Waals surface area (Å²) >= 11 is 0. The van der Waals surface area contributed by atoms with Crippen molar-refractivity contribution < 1.29 is 9.90 Å². The van der Waals surface area contributed by atoms with Crippen LogP contribution >= 0.6 is 0 Å². The van der Waals surface area contributed by atoms with E-state index in [0.29, 0.717) is 6.42 Å². The molecule has 0 rings (SSSR count). The molecule has 3 nitrogen and oxygen atoms in total. The van der Waals surface area contributed by atoms with E-state index >= 15 is 0 Å². The van der Waals surface area contributed by atoms with Crippen LogP contribution in [0.25, 0.3) is 0 Å². The highest BCUT2D eigenvalue weighted by Crippen LogP contribution is 1.94. The van der Waals surface area contributed by atoms with Gasteiger partial charge >= 0.3 is 5.97 Å². The van der Waals surface area contributed by atoms with Crippen LogP contribution in [0, 0.1) is 0 Å². The summed E-state index contributed by atoms with van der Waals surface area (Å²) in [5.74, 6) is -0.826. The first kappa shape index (κ1) is 8.95. The third kappa shape index (κ3) is 5.09. The van der Waals surface area contributed by atoms with E-state index in [1.807, 2.05) is 0 Å². The second kappa shape index (κ2) is 4.79. The van der Waals surface area contributed by atoms with Gasteiger partial charge in [0.15, 0.2) is 0 Å². The predicted octanol–water partition coefficient (Wildman–Crippen LogP) is 0.520. The van der Waals surface area contributed by atoms with E-state index in [9.17, 15) is 4.79 Å². The van der Waals surface area contributed by atoms with E-state index < -0.39 is 5.97 Å². The summed E-state index contributed by atoms with van der Waals surface area (Å²) in [7, 11) is 0. The Morgan fingerprint density at radius 3 is 2.90 bits per heavy atom. The summed E-state index contributed by atoms with van der Waals surface area (Å²) in [5, 5.41) is 8.23. The summed E-state index contributed by atoms with van der Waals surface area (Å²) in [5.41, 5.74) is 7.91. The minimum Gasteiger partial charge on any atom is -0.481 e. The molecule has 0 fully saturated rings. The zero-order valence-electron chi connectivity index (χ0n) is 5.71. The quantitative estimate of drug-likeness (QED) is 0.561. The molecule has 0 aromatic carbocycles. The number of carboxylic acids is 1. The molecule has 1 atom stereocenters. The third-order valence-electron chi connectivity index (χ3n) is 1.02. The highest BCUT2D eigenvalue weighted by molar-refractivity contribution is 5.66. The smallest absolute Gasteiger partial charge is 0.303 e. The Morgan fingerprint density at radius 2 is 2.50 bits per heavy atom. The molecule has 0 aliphatic carbocycles. The normalized spacial score (nSPS) is 11.7. The Morgan fingerprint density at radius 1 is 1.90 bits per heavy atom. The first-order valence-corrected chi connectivity index (χ1v) is 3.00. The molecule has 0 bridgehead atoms. The lowest BCUT2D eigenvalue weighted by molar-refractivity contribution is -0.137. The van der Waals surface area contributed by atoms with Gasteiger partial charge < -0.3 is 10.8 Å². The molecule has 56 valence electrons. The Labute approximate surface area is 59.8 Å². The molecule has 0 amide bonds. The van der Waals surface area contributed by atoms with E-state index in [1.54, 1.807) is 6.08 Å². The maximum atomic E-state index is 10.0. The number of nitrogens with two attached hydrogens (primary N) is 1. The lowest BCUT2D eigenvalue weighted by Crippen LogP contribution is -2.17. The van der Waals surface area contributed by atoms with Gasteiger partial charge in [0.05, 0.1) is 0 Å². The number of aliphatic carboxylic acids is 1. The maximum Gasteiger partial charge on any atom is 0.303 e. The van der Waals surface area contributed by atoms with Gasteiger partial charge in [0.1, 0.15) is 0 Å². The summed E-state index contributed by atoms with van der Waals surface area (Å²) in [6.45, 7) is 3.32. The van der Waals surface area contributed by atoms with Gasteiger partial charge in [0.25, 0.3) is 0 Å². The van der Waals surface area contributed by atoms with E-state index in [2.05, 4.69) is 12.3 Å². The molecule has 0 aliphatic heterocycles. The topological polar surface area (TPSA) is 63.3 Å². The molecule has 10 heavy (non-hydrogen) atoms. The van der Waals surface area contributed by atoms with Gasteiger partial charge in [-0.15, -0.1) is 5.73 Å². The van der Waals surface area contributed by atoms with Crippen LogP contribution < -0.4 is 5.73 Å². The van der Waals surface area contributed by atoms with Crippen LogP contribution in [0.1, 0.15) is 12.8 Å². The minimum absolute atomic E-state index is 0.0966. The molecular weight excluding hydrogens is 130 g/mol. The third-order valence-corrected chi connectivity index (χ3v) is 1.02. The zero-order valence-corrected chi connectivity index (χ0v) is 5.71. The number of rotatable bonds is 4. The largest absolute Gasteiger partial charge is 0.481 e. The van der Waals surface area contributed by atoms with Crippen molar-refractivity contribution in [3.8, 4) is 0 Å². The van der Waals surface area contributed by atoms with Gasteiger partial charge in [-0.1, -0.05) is 6.58 Å². The van der Waals surface area contributed by atoms with Crippen LogP contribution in [-0.4, -0.2) is 17.1 Å². The molecule has 0 spiro atoms. The van der Waals surface area contributed by atoms with Gasteiger partial charge in [-0.2, -0.15) is 0 Å². The molecule has 0 aromatic heterocycles. The van der Waals surface area contributed by atoms with Crippen LogP contribution in [0.2, 0.25) is 0 Å². The predicted molar refractivity (Wildman–Crippen MR) is 38.6 cm³/mol. The van der Waals surface area contributed by atoms with Crippen LogP contribution in [-0.2, 0) is 4.79 Å². The molecule has 0 heterocycles. The number of carboxylic acid groups (broad SMARTS) is 1. The van der Waals surface area contributed by atoms with Crippen molar-refractivity contribution in [2.45, 2.75) is 18.9 Å². The van der Waals surface area contributed by atoms with E-state index in [0.717, 1.165) is 0 Å². The monoisotopic (exact) mass is 141 g/mol. The van der Waals surface area contributed by atoms with Crippen LogP contribution in [0.3, 0.4) is 0 Å². The first-order chi connectivity index (χ1) is 4.66. The lowest BCUT2D eigenvalue weighted by Gasteiger charge is -2.00. The highest BCUT2D eigenvalue weighted by atomic mass is 16.4. The molecule has 0 unspecified atom stereocenters. The van der Waals surface area contributed by atoms with E-state index in [-0.39, 0.29) is 12.5 Å². The summed E-state index contributed by atoms with van der Waals surface area (Å²) in [6, 6.07) is -0.228. The molecular formula is C7H11NO2. The summed E-state index contributed by atoms with van der Waals surface area (Å²) in [6.07, 6.45) is 2.10. The molecule has 0 saturated heterocycles. The van der Waals surface area contributed by atoms with E-state index in [1.165, 1.54) is 0 Å². The zero-order chi connectivity index (χ0) is 7.98. The van der Waals surface area contributed by atoms with Gasteiger partial charge in [-0.05, 0) is 12.5 Å². The molecule has 3 N–H and O–H groups in total. The van der Waals surface area contributed by atoms with Crippen molar-refractivity contribution in [1.82, 2.24) is 0 Å². The molecule has 3 heteroatoms. The van der Waals surface area contributed by atoms with Crippen molar-refractivity contribution in [2.75, 3.05) is 0 Å². The Bertz CT molecular complexity index is 159. The number of hydrogen-bond acceptors (Lipinski definition) is 2. The molecule has 0 aromatic rings. The summed E-state index contributed by atoms with van der Waals surface area (Å²) in [4.78, 5) is 10.0. The van der Waals surface area contributed by atoms with Gasteiger partial charge in [-0.25, -0.2) is 0 Å². The van der Waals surface area contributed by atoms with Gasteiger partial charge in [0, 0.05) is 12.5 Å². The van der Waals surface area contributed by atoms with Gasteiger partial charge in [0.2, 0.25) is 0 Å². The van der Waals surface area contributed by atoms with Crippen molar-refractivity contribution in [3.05, 3.63) is 18.4 Å². The molecule has 0 saturated carbocycles. The average Bonchev–Trinajstić information content (AvgIpc) is 1.85. The number of hydrogen-bond donors (Lipinski definition) is 2. The Balaban J connectivity index is 3.48. The molecule has 0 aliphatic rings. The van der Waals surface area contributed by atoms with Crippen molar-refractivity contribution in [2.24, 2.45) is 5.73 Å². The second-order valence-electron chi connectivity index (χ2n) is 1.97. The number of carbonyl (C=O) groups is 1. The fourth-order valence-electron chi connectivity index (χ4n) is 0.525. The minimum atomic E-state index is -0.826. The Hall–Kier alpha value is -1.05. The van der Waals surface area contributed by atoms with Crippen molar-refractivity contribution >= 4 is 5.97 Å². The van der Waals surface area contributed by atoms with E-state index in [4.69, 9.17) is 10.8 Å². The van der Waals surface area contributed by atoms with Crippen LogP contribution in [0.4, 0.5) is 0 Å². The fraction of sp³-hybridized carbons (Fsp3) is 0.429. The fourth-order valence-corrected chi connectivity index (χ4v) is 0.525. The summed E-state index contributed by atoms with van der Waals surface area (Å²) < 4.78 is 0. The second-order valence-corrected chi connectivity index (χ2v) is 1.97. The first-order valence-electron chi connectivity index (χ1n) is 3.00. The average molecular weight is 141 g/mol. The SMILES string of the molecule is C=C=C[C@H](N)CCC(=O)O.